The first kappa shape index (κ1) is 16.0. The average Bonchev–Trinajstić information content (AvgIpc) is 2.68. The monoisotopic (exact) mass is 340 g/mol. The third kappa shape index (κ3) is 2.54. The normalized spacial score (nSPS) is 12.3. The Morgan fingerprint density at radius 3 is 2.12 bits per heavy atom. The smallest absolute Gasteiger partial charge is 0.198 e. The maximum atomic E-state index is 13.0. The van der Waals surface area contributed by atoms with Crippen LogP contribution >= 0.6 is 0 Å². The Morgan fingerprint density at radius 1 is 0.731 bits per heavy atom. The summed E-state index contributed by atoms with van der Waals surface area (Å²) in [6.07, 6.45) is 2.45. The number of rotatable bonds is 4. The number of hydrogen-bond donors (Lipinski definition) is 0. The minimum Gasteiger partial charge on any atom is -0.456 e. The van der Waals surface area contributed by atoms with E-state index in [1.807, 2.05) is 24.3 Å². The Balaban J connectivity index is 1.83. The van der Waals surface area contributed by atoms with Crippen LogP contribution in [0.4, 0.5) is 0 Å². The van der Waals surface area contributed by atoms with Gasteiger partial charge in [0.1, 0.15) is 11.5 Å². The molecule has 3 nitrogen and oxygen atoms in total. The zero-order valence-electron chi connectivity index (χ0n) is 14.1. The van der Waals surface area contributed by atoms with E-state index in [0.29, 0.717) is 40.2 Å². The Bertz CT molecular complexity index is 1050. The third-order valence-corrected chi connectivity index (χ3v) is 4.47. The fraction of sp³-hybridized carbons (Fsp3) is 0.0435. The molecule has 0 N–H and O–H groups in total. The van der Waals surface area contributed by atoms with Crippen LogP contribution in [-0.4, -0.2) is 11.6 Å². The van der Waals surface area contributed by atoms with Crippen molar-refractivity contribution in [1.29, 1.82) is 0 Å². The van der Waals surface area contributed by atoms with Crippen LogP contribution in [0.2, 0.25) is 0 Å². The van der Waals surface area contributed by atoms with Crippen molar-refractivity contribution >= 4 is 11.6 Å². The molecule has 3 aromatic rings. The topological polar surface area (TPSA) is 43.4 Å². The first-order valence-corrected chi connectivity index (χ1v) is 8.39. The summed E-state index contributed by atoms with van der Waals surface area (Å²) >= 11 is 0. The van der Waals surface area contributed by atoms with Gasteiger partial charge < -0.3 is 4.74 Å². The van der Waals surface area contributed by atoms with Crippen LogP contribution in [0.3, 0.4) is 0 Å². The van der Waals surface area contributed by atoms with Crippen molar-refractivity contribution in [3.8, 4) is 11.5 Å². The van der Waals surface area contributed by atoms with Gasteiger partial charge in [-0.3, -0.25) is 9.59 Å². The maximum absolute atomic E-state index is 13.0. The van der Waals surface area contributed by atoms with Gasteiger partial charge in [0.15, 0.2) is 11.6 Å². The predicted octanol–water partition coefficient (Wildman–Crippen LogP) is 4.98. The van der Waals surface area contributed by atoms with E-state index in [0.717, 1.165) is 5.56 Å². The molecule has 0 radical (unpaired) electrons. The van der Waals surface area contributed by atoms with Gasteiger partial charge in [-0.25, -0.2) is 0 Å². The lowest BCUT2D eigenvalue weighted by Crippen LogP contribution is -2.21. The highest BCUT2D eigenvalue weighted by atomic mass is 16.5. The van der Waals surface area contributed by atoms with E-state index in [2.05, 4.69) is 6.58 Å². The summed E-state index contributed by atoms with van der Waals surface area (Å²) in [4.78, 5) is 25.8. The van der Waals surface area contributed by atoms with Gasteiger partial charge in [0, 0.05) is 16.7 Å². The van der Waals surface area contributed by atoms with Crippen molar-refractivity contribution in [2.75, 3.05) is 0 Å². The van der Waals surface area contributed by atoms with Crippen molar-refractivity contribution in [2.45, 2.75) is 6.42 Å². The van der Waals surface area contributed by atoms with Crippen molar-refractivity contribution in [3.05, 3.63) is 107 Å². The molecule has 1 aliphatic carbocycles. The fourth-order valence-electron chi connectivity index (χ4n) is 3.24. The van der Waals surface area contributed by atoms with Crippen LogP contribution in [-0.2, 0) is 6.42 Å². The Morgan fingerprint density at radius 2 is 1.35 bits per heavy atom. The summed E-state index contributed by atoms with van der Waals surface area (Å²) in [5, 5.41) is 0. The largest absolute Gasteiger partial charge is 0.456 e. The molecule has 0 bridgehead atoms. The second kappa shape index (κ2) is 6.45. The molecule has 3 aromatic carbocycles. The molecule has 0 heterocycles. The summed E-state index contributed by atoms with van der Waals surface area (Å²) in [6.45, 7) is 3.77. The van der Waals surface area contributed by atoms with E-state index >= 15 is 0 Å². The van der Waals surface area contributed by atoms with Gasteiger partial charge in [-0.05, 0) is 24.1 Å². The van der Waals surface area contributed by atoms with E-state index in [-0.39, 0.29) is 11.6 Å². The Labute approximate surface area is 151 Å². The zero-order chi connectivity index (χ0) is 18.1. The summed E-state index contributed by atoms with van der Waals surface area (Å²) < 4.78 is 6.07. The van der Waals surface area contributed by atoms with Gasteiger partial charge in [0.05, 0.1) is 5.56 Å². The lowest BCUT2D eigenvalue weighted by molar-refractivity contribution is 0.0977. The lowest BCUT2D eigenvalue weighted by Gasteiger charge is -2.20. The van der Waals surface area contributed by atoms with Crippen molar-refractivity contribution < 1.29 is 14.3 Å². The lowest BCUT2D eigenvalue weighted by atomic mass is 9.83. The second-order valence-electron chi connectivity index (χ2n) is 6.09. The van der Waals surface area contributed by atoms with Gasteiger partial charge in [0.25, 0.3) is 0 Å². The highest BCUT2D eigenvalue weighted by Gasteiger charge is 2.32. The van der Waals surface area contributed by atoms with E-state index in [9.17, 15) is 9.59 Å². The fourth-order valence-corrected chi connectivity index (χ4v) is 3.24. The Hall–Kier alpha value is -3.46. The molecule has 0 aromatic heterocycles. The second-order valence-corrected chi connectivity index (χ2v) is 6.09. The predicted molar refractivity (Wildman–Crippen MR) is 100 cm³/mol. The number of fused-ring (bicyclic) bond motifs is 2. The number of ether oxygens (including phenoxy) is 1. The quantitative estimate of drug-likeness (QED) is 0.492. The minimum atomic E-state index is -0.188. The van der Waals surface area contributed by atoms with Crippen molar-refractivity contribution in [1.82, 2.24) is 0 Å². The van der Waals surface area contributed by atoms with E-state index in [1.54, 1.807) is 48.5 Å². The molecule has 0 atom stereocenters. The molecular weight excluding hydrogens is 324 g/mol. The van der Waals surface area contributed by atoms with Crippen LogP contribution in [0.25, 0.3) is 0 Å². The van der Waals surface area contributed by atoms with Gasteiger partial charge in [0.2, 0.25) is 0 Å². The molecule has 0 saturated heterocycles. The molecule has 0 unspecified atom stereocenters. The molecule has 0 spiro atoms. The summed E-state index contributed by atoms with van der Waals surface area (Å²) in [5.41, 5.74) is 2.53. The van der Waals surface area contributed by atoms with Gasteiger partial charge in [-0.2, -0.15) is 0 Å². The van der Waals surface area contributed by atoms with Gasteiger partial charge in [-0.1, -0.05) is 60.7 Å². The number of ketones is 2. The Kier molecular flexibility index (Phi) is 3.98. The highest BCUT2D eigenvalue weighted by Crippen LogP contribution is 2.36. The summed E-state index contributed by atoms with van der Waals surface area (Å²) in [6, 6.07) is 19.6. The SMILES string of the molecule is C=CCc1ccccc1Oc1cccc2c1C(=O)c1ccccc1C2=O. The molecule has 26 heavy (non-hydrogen) atoms. The van der Waals surface area contributed by atoms with Gasteiger partial charge >= 0.3 is 0 Å². The molecule has 3 heteroatoms. The number of benzene rings is 3. The summed E-state index contributed by atoms with van der Waals surface area (Å²) in [5.74, 6) is 0.707. The molecule has 1 aliphatic rings. The van der Waals surface area contributed by atoms with Crippen molar-refractivity contribution in [2.24, 2.45) is 0 Å². The first-order valence-electron chi connectivity index (χ1n) is 8.39. The van der Waals surface area contributed by atoms with Crippen molar-refractivity contribution in [3.63, 3.8) is 0 Å². The van der Waals surface area contributed by atoms with Crippen LogP contribution in [0.15, 0.2) is 79.4 Å². The molecule has 0 fully saturated rings. The molecule has 4 rings (SSSR count). The molecule has 126 valence electrons. The zero-order valence-corrected chi connectivity index (χ0v) is 14.1. The standard InChI is InChI=1S/C23H16O3/c1-2-8-15-9-3-6-13-19(15)26-20-14-7-12-18-21(20)23(25)17-11-5-4-10-16(17)22(18)24/h2-7,9-14H,1,8H2. The van der Waals surface area contributed by atoms with Crippen LogP contribution in [0, 0.1) is 0 Å². The van der Waals surface area contributed by atoms with Crippen LogP contribution in [0.5, 0.6) is 11.5 Å². The number of para-hydroxylation sites is 1. The maximum Gasteiger partial charge on any atom is 0.198 e. The van der Waals surface area contributed by atoms with Gasteiger partial charge in [-0.15, -0.1) is 6.58 Å². The highest BCUT2D eigenvalue weighted by molar-refractivity contribution is 6.29. The van der Waals surface area contributed by atoms with E-state index in [1.165, 1.54) is 0 Å². The minimum absolute atomic E-state index is 0.153. The molecular formula is C23H16O3. The number of carbonyl (C=O) groups excluding carboxylic acids is 2. The first-order chi connectivity index (χ1) is 12.7. The average molecular weight is 340 g/mol. The van der Waals surface area contributed by atoms with Crippen LogP contribution in [0.1, 0.15) is 37.4 Å². The number of allylic oxidation sites excluding steroid dienone is 1. The third-order valence-electron chi connectivity index (χ3n) is 4.47. The summed E-state index contributed by atoms with van der Waals surface area (Å²) in [7, 11) is 0. The molecule has 0 amide bonds. The molecule has 0 aliphatic heterocycles. The number of carbonyl (C=O) groups is 2. The molecule has 0 saturated carbocycles. The van der Waals surface area contributed by atoms with E-state index in [4.69, 9.17) is 4.74 Å². The number of hydrogen-bond acceptors (Lipinski definition) is 3. The van der Waals surface area contributed by atoms with Crippen LogP contribution < -0.4 is 4.74 Å². The van der Waals surface area contributed by atoms with E-state index < -0.39 is 0 Å².